The SMILES string of the molecule is CCC(CCBr)NCCOc1ccccc1. The van der Waals surface area contributed by atoms with Crippen molar-refractivity contribution in [2.75, 3.05) is 18.5 Å². The van der Waals surface area contributed by atoms with Gasteiger partial charge >= 0.3 is 0 Å². The Balaban J connectivity index is 2.11. The molecule has 1 unspecified atom stereocenters. The van der Waals surface area contributed by atoms with Crippen LogP contribution in [0.3, 0.4) is 0 Å². The average molecular weight is 286 g/mol. The highest BCUT2D eigenvalue weighted by Gasteiger charge is 2.03. The van der Waals surface area contributed by atoms with E-state index in [2.05, 4.69) is 28.2 Å². The summed E-state index contributed by atoms with van der Waals surface area (Å²) in [5, 5.41) is 4.54. The van der Waals surface area contributed by atoms with Crippen LogP contribution in [0, 0.1) is 0 Å². The van der Waals surface area contributed by atoms with E-state index < -0.39 is 0 Å². The van der Waals surface area contributed by atoms with Gasteiger partial charge < -0.3 is 10.1 Å². The number of rotatable bonds is 8. The van der Waals surface area contributed by atoms with Crippen LogP contribution in [0.15, 0.2) is 30.3 Å². The topological polar surface area (TPSA) is 21.3 Å². The minimum atomic E-state index is 0.596. The second-order valence-electron chi connectivity index (χ2n) is 3.70. The Kier molecular flexibility index (Phi) is 7.26. The predicted octanol–water partition coefficient (Wildman–Crippen LogP) is 3.22. The van der Waals surface area contributed by atoms with Gasteiger partial charge in [-0.05, 0) is 25.0 Å². The maximum Gasteiger partial charge on any atom is 0.119 e. The number of para-hydroxylation sites is 1. The molecule has 1 N–H and O–H groups in total. The van der Waals surface area contributed by atoms with Gasteiger partial charge in [-0.1, -0.05) is 41.1 Å². The molecule has 2 nitrogen and oxygen atoms in total. The van der Waals surface area contributed by atoms with Crippen molar-refractivity contribution in [3.05, 3.63) is 30.3 Å². The van der Waals surface area contributed by atoms with E-state index in [0.717, 1.165) is 30.7 Å². The van der Waals surface area contributed by atoms with Crippen molar-refractivity contribution in [1.82, 2.24) is 5.32 Å². The van der Waals surface area contributed by atoms with Crippen LogP contribution in [0.5, 0.6) is 5.75 Å². The summed E-state index contributed by atoms with van der Waals surface area (Å²) in [5.74, 6) is 0.942. The fourth-order valence-corrected chi connectivity index (χ4v) is 2.08. The Labute approximate surface area is 107 Å². The zero-order valence-electron chi connectivity index (χ0n) is 9.79. The lowest BCUT2D eigenvalue weighted by molar-refractivity contribution is 0.302. The van der Waals surface area contributed by atoms with Crippen molar-refractivity contribution in [2.45, 2.75) is 25.8 Å². The van der Waals surface area contributed by atoms with Gasteiger partial charge in [-0.15, -0.1) is 0 Å². The van der Waals surface area contributed by atoms with Gasteiger partial charge in [0.05, 0.1) is 0 Å². The smallest absolute Gasteiger partial charge is 0.119 e. The minimum Gasteiger partial charge on any atom is -0.492 e. The second-order valence-corrected chi connectivity index (χ2v) is 4.49. The third-order valence-electron chi connectivity index (χ3n) is 2.50. The Morgan fingerprint density at radius 1 is 1.31 bits per heavy atom. The van der Waals surface area contributed by atoms with Crippen molar-refractivity contribution in [1.29, 1.82) is 0 Å². The lowest BCUT2D eigenvalue weighted by atomic mass is 10.2. The first kappa shape index (κ1) is 13.5. The summed E-state index contributed by atoms with van der Waals surface area (Å²) in [7, 11) is 0. The van der Waals surface area contributed by atoms with Gasteiger partial charge in [0.15, 0.2) is 0 Å². The molecule has 0 bridgehead atoms. The molecule has 0 saturated carbocycles. The minimum absolute atomic E-state index is 0.596. The van der Waals surface area contributed by atoms with Crippen LogP contribution in [0.4, 0.5) is 0 Å². The lowest BCUT2D eigenvalue weighted by Gasteiger charge is -2.15. The Hall–Kier alpha value is -0.540. The molecule has 0 radical (unpaired) electrons. The fraction of sp³-hybridized carbons (Fsp3) is 0.538. The highest BCUT2D eigenvalue weighted by molar-refractivity contribution is 9.09. The predicted molar refractivity (Wildman–Crippen MR) is 72.4 cm³/mol. The molecule has 3 heteroatoms. The zero-order chi connectivity index (χ0) is 11.6. The first-order valence-electron chi connectivity index (χ1n) is 5.84. The molecule has 0 aliphatic carbocycles. The maximum atomic E-state index is 5.60. The van der Waals surface area contributed by atoms with Crippen molar-refractivity contribution in [3.63, 3.8) is 0 Å². The average Bonchev–Trinajstić information content (AvgIpc) is 2.34. The summed E-state index contributed by atoms with van der Waals surface area (Å²) >= 11 is 3.47. The number of benzene rings is 1. The summed E-state index contributed by atoms with van der Waals surface area (Å²) in [5.41, 5.74) is 0. The van der Waals surface area contributed by atoms with Gasteiger partial charge in [0.2, 0.25) is 0 Å². The van der Waals surface area contributed by atoms with E-state index in [0.29, 0.717) is 6.04 Å². The normalized spacial score (nSPS) is 12.4. The summed E-state index contributed by atoms with van der Waals surface area (Å²) < 4.78 is 5.60. The van der Waals surface area contributed by atoms with Crippen LogP contribution in [-0.4, -0.2) is 24.5 Å². The van der Waals surface area contributed by atoms with Crippen molar-refractivity contribution in [2.24, 2.45) is 0 Å². The molecule has 0 saturated heterocycles. The number of hydrogen-bond donors (Lipinski definition) is 1. The van der Waals surface area contributed by atoms with E-state index in [9.17, 15) is 0 Å². The molecule has 90 valence electrons. The quantitative estimate of drug-likeness (QED) is 0.585. The van der Waals surface area contributed by atoms with Gasteiger partial charge in [-0.3, -0.25) is 0 Å². The van der Waals surface area contributed by atoms with Gasteiger partial charge in [-0.2, -0.15) is 0 Å². The first-order valence-corrected chi connectivity index (χ1v) is 6.96. The van der Waals surface area contributed by atoms with Crippen LogP contribution in [-0.2, 0) is 0 Å². The highest BCUT2D eigenvalue weighted by atomic mass is 79.9. The maximum absolute atomic E-state index is 5.60. The molecule has 16 heavy (non-hydrogen) atoms. The molecule has 0 aliphatic rings. The Morgan fingerprint density at radius 3 is 2.69 bits per heavy atom. The molecule has 1 aromatic carbocycles. The summed E-state index contributed by atoms with van der Waals surface area (Å²) in [6, 6.07) is 10.5. The van der Waals surface area contributed by atoms with Crippen molar-refractivity contribution >= 4 is 15.9 Å². The first-order chi connectivity index (χ1) is 7.86. The second kappa shape index (κ2) is 8.59. The monoisotopic (exact) mass is 285 g/mol. The number of halogens is 1. The molecule has 0 spiro atoms. The molecule has 0 fully saturated rings. The van der Waals surface area contributed by atoms with E-state index >= 15 is 0 Å². The summed E-state index contributed by atoms with van der Waals surface area (Å²) in [6.45, 7) is 3.83. The number of alkyl halides is 1. The van der Waals surface area contributed by atoms with E-state index in [1.165, 1.54) is 6.42 Å². The molecule has 0 aromatic heterocycles. The van der Waals surface area contributed by atoms with E-state index in [-0.39, 0.29) is 0 Å². The Bertz CT molecular complexity index is 266. The molecule has 0 amide bonds. The number of nitrogens with one attached hydrogen (secondary N) is 1. The van der Waals surface area contributed by atoms with Crippen LogP contribution >= 0.6 is 15.9 Å². The molecule has 0 aliphatic heterocycles. The molecular formula is C13H20BrNO. The summed E-state index contributed by atoms with van der Waals surface area (Å²) in [4.78, 5) is 0. The van der Waals surface area contributed by atoms with Crippen LogP contribution in [0.2, 0.25) is 0 Å². The van der Waals surface area contributed by atoms with Crippen molar-refractivity contribution < 1.29 is 4.74 Å². The van der Waals surface area contributed by atoms with Crippen molar-refractivity contribution in [3.8, 4) is 5.75 Å². The van der Waals surface area contributed by atoms with Crippen LogP contribution < -0.4 is 10.1 Å². The Morgan fingerprint density at radius 2 is 2.06 bits per heavy atom. The zero-order valence-corrected chi connectivity index (χ0v) is 11.4. The van der Waals surface area contributed by atoms with Gasteiger partial charge in [0, 0.05) is 17.9 Å². The van der Waals surface area contributed by atoms with Crippen LogP contribution in [0.1, 0.15) is 19.8 Å². The largest absolute Gasteiger partial charge is 0.492 e. The van der Waals surface area contributed by atoms with E-state index in [1.54, 1.807) is 0 Å². The van der Waals surface area contributed by atoms with Gasteiger partial charge in [-0.25, -0.2) is 0 Å². The number of ether oxygens (including phenoxy) is 1. The third kappa shape index (κ3) is 5.52. The molecule has 1 rings (SSSR count). The molecule has 0 heterocycles. The van der Waals surface area contributed by atoms with E-state index in [1.807, 2.05) is 30.3 Å². The third-order valence-corrected chi connectivity index (χ3v) is 2.96. The fourth-order valence-electron chi connectivity index (χ4n) is 1.53. The molecule has 1 aromatic rings. The van der Waals surface area contributed by atoms with Gasteiger partial charge in [0.25, 0.3) is 0 Å². The lowest BCUT2D eigenvalue weighted by Crippen LogP contribution is -2.32. The molecular weight excluding hydrogens is 266 g/mol. The summed E-state index contributed by atoms with van der Waals surface area (Å²) in [6.07, 6.45) is 2.33. The van der Waals surface area contributed by atoms with Gasteiger partial charge in [0.1, 0.15) is 12.4 Å². The van der Waals surface area contributed by atoms with E-state index in [4.69, 9.17) is 4.74 Å². The standard InChI is InChI=1S/C13H20BrNO/c1-2-12(8-9-14)15-10-11-16-13-6-4-3-5-7-13/h3-7,12,15H,2,8-11H2,1H3. The highest BCUT2D eigenvalue weighted by Crippen LogP contribution is 2.07. The van der Waals surface area contributed by atoms with Crippen LogP contribution in [0.25, 0.3) is 0 Å². The number of hydrogen-bond acceptors (Lipinski definition) is 2. The molecule has 1 atom stereocenters.